The Morgan fingerprint density at radius 1 is 1.21 bits per heavy atom. The van der Waals surface area contributed by atoms with Crippen LogP contribution in [0.15, 0.2) is 24.3 Å². The second kappa shape index (κ2) is 5.29. The molecule has 0 spiro atoms. The summed E-state index contributed by atoms with van der Waals surface area (Å²) in [7, 11) is 0. The lowest BCUT2D eigenvalue weighted by Crippen LogP contribution is -2.45. The largest absolute Gasteiger partial charge is 0.352 e. The van der Waals surface area contributed by atoms with E-state index in [1.807, 2.05) is 12.1 Å². The number of rotatable bonds is 5. The summed E-state index contributed by atoms with van der Waals surface area (Å²) in [5.41, 5.74) is 0.808. The van der Waals surface area contributed by atoms with Crippen LogP contribution in [-0.2, 0) is 4.79 Å². The van der Waals surface area contributed by atoms with Crippen LogP contribution >= 0.6 is 0 Å². The van der Waals surface area contributed by atoms with Gasteiger partial charge in [-0.3, -0.25) is 4.79 Å². The molecule has 0 aliphatic heterocycles. The maximum atomic E-state index is 13.6. The van der Waals surface area contributed by atoms with Gasteiger partial charge in [-0.2, -0.15) is 0 Å². The first-order chi connectivity index (χ1) is 9.22. The second-order valence-electron chi connectivity index (χ2n) is 5.61. The molecular formula is C15H19FN2O. The van der Waals surface area contributed by atoms with Crippen molar-refractivity contribution in [1.29, 1.82) is 0 Å². The Morgan fingerprint density at radius 2 is 1.95 bits per heavy atom. The topological polar surface area (TPSA) is 41.1 Å². The molecule has 3 nitrogen and oxygen atoms in total. The van der Waals surface area contributed by atoms with Gasteiger partial charge in [0, 0.05) is 12.1 Å². The Bertz CT molecular complexity index is 467. The van der Waals surface area contributed by atoms with Gasteiger partial charge in [-0.1, -0.05) is 18.2 Å². The molecule has 3 rings (SSSR count). The van der Waals surface area contributed by atoms with Crippen LogP contribution in [0.25, 0.3) is 0 Å². The van der Waals surface area contributed by atoms with Gasteiger partial charge < -0.3 is 10.6 Å². The molecule has 2 saturated carbocycles. The first kappa shape index (κ1) is 12.6. The van der Waals surface area contributed by atoms with E-state index >= 15 is 0 Å². The van der Waals surface area contributed by atoms with Crippen LogP contribution in [0.4, 0.5) is 4.39 Å². The van der Waals surface area contributed by atoms with Crippen LogP contribution in [0, 0.1) is 5.82 Å². The maximum absolute atomic E-state index is 13.6. The molecular weight excluding hydrogens is 243 g/mol. The van der Waals surface area contributed by atoms with E-state index in [2.05, 4.69) is 10.6 Å². The van der Waals surface area contributed by atoms with Gasteiger partial charge in [0.2, 0.25) is 5.91 Å². The summed E-state index contributed by atoms with van der Waals surface area (Å²) >= 11 is 0. The lowest BCUT2D eigenvalue weighted by atomic mass is 9.75. The van der Waals surface area contributed by atoms with Crippen molar-refractivity contribution in [2.75, 3.05) is 6.54 Å². The Morgan fingerprint density at radius 3 is 2.63 bits per heavy atom. The molecule has 2 N–H and O–H groups in total. The molecule has 1 aromatic rings. The van der Waals surface area contributed by atoms with Gasteiger partial charge in [0.25, 0.3) is 0 Å². The minimum atomic E-state index is -0.113. The summed E-state index contributed by atoms with van der Waals surface area (Å²) in [6, 6.07) is 7.73. The fourth-order valence-corrected chi connectivity index (χ4v) is 2.59. The molecule has 102 valence electrons. The van der Waals surface area contributed by atoms with Crippen molar-refractivity contribution in [1.82, 2.24) is 10.6 Å². The van der Waals surface area contributed by atoms with E-state index in [0.29, 0.717) is 24.5 Å². The number of hydrogen-bond donors (Lipinski definition) is 2. The highest BCUT2D eigenvalue weighted by Gasteiger charge is 2.32. The van der Waals surface area contributed by atoms with Crippen molar-refractivity contribution < 1.29 is 9.18 Å². The average Bonchev–Trinajstić information content (AvgIpc) is 3.13. The number of nitrogens with one attached hydrogen (secondary N) is 2. The van der Waals surface area contributed by atoms with Crippen LogP contribution in [0.3, 0.4) is 0 Å². The standard InChI is InChI=1S/C15H19FN2O/c16-14-4-2-1-3-13(14)10-7-12(8-10)17-9-15(19)18-11-5-6-11/h1-4,10-12,17H,5-9H2,(H,18,19). The Balaban J connectivity index is 1.40. The van der Waals surface area contributed by atoms with Crippen molar-refractivity contribution in [3.05, 3.63) is 35.6 Å². The summed E-state index contributed by atoms with van der Waals surface area (Å²) in [4.78, 5) is 11.5. The first-order valence-corrected chi connectivity index (χ1v) is 6.99. The Kier molecular flexibility index (Phi) is 3.51. The zero-order valence-electron chi connectivity index (χ0n) is 10.9. The third-order valence-electron chi connectivity index (χ3n) is 3.98. The van der Waals surface area contributed by atoms with Crippen molar-refractivity contribution in [2.24, 2.45) is 0 Å². The van der Waals surface area contributed by atoms with E-state index < -0.39 is 0 Å². The molecule has 1 amide bonds. The highest BCUT2D eigenvalue weighted by atomic mass is 19.1. The predicted molar refractivity (Wildman–Crippen MR) is 71.3 cm³/mol. The van der Waals surface area contributed by atoms with E-state index in [9.17, 15) is 9.18 Å². The number of halogens is 1. The molecule has 2 fully saturated rings. The minimum absolute atomic E-state index is 0.0804. The quantitative estimate of drug-likeness (QED) is 0.851. The van der Waals surface area contributed by atoms with Crippen LogP contribution in [0.2, 0.25) is 0 Å². The summed E-state index contributed by atoms with van der Waals surface area (Å²) in [6.07, 6.45) is 4.06. The van der Waals surface area contributed by atoms with Gasteiger partial charge in [-0.15, -0.1) is 0 Å². The lowest BCUT2D eigenvalue weighted by molar-refractivity contribution is -0.120. The third-order valence-corrected chi connectivity index (χ3v) is 3.98. The van der Waals surface area contributed by atoms with E-state index in [4.69, 9.17) is 0 Å². The number of carbonyl (C=O) groups is 1. The highest BCUT2D eigenvalue weighted by molar-refractivity contribution is 5.78. The van der Waals surface area contributed by atoms with Gasteiger partial charge in [-0.25, -0.2) is 4.39 Å². The molecule has 0 atom stereocenters. The van der Waals surface area contributed by atoms with Gasteiger partial charge in [0.15, 0.2) is 0 Å². The van der Waals surface area contributed by atoms with E-state index in [1.165, 1.54) is 6.07 Å². The van der Waals surface area contributed by atoms with Gasteiger partial charge in [0.05, 0.1) is 6.54 Å². The number of hydrogen-bond acceptors (Lipinski definition) is 2. The smallest absolute Gasteiger partial charge is 0.234 e. The van der Waals surface area contributed by atoms with Crippen molar-refractivity contribution in [3.63, 3.8) is 0 Å². The molecule has 2 aliphatic rings. The molecule has 0 unspecified atom stereocenters. The van der Waals surface area contributed by atoms with Gasteiger partial charge >= 0.3 is 0 Å². The fraction of sp³-hybridized carbons (Fsp3) is 0.533. The lowest BCUT2D eigenvalue weighted by Gasteiger charge is -2.36. The van der Waals surface area contributed by atoms with Crippen molar-refractivity contribution in [3.8, 4) is 0 Å². The summed E-state index contributed by atoms with van der Waals surface area (Å²) in [6.45, 7) is 0.380. The number of benzene rings is 1. The second-order valence-corrected chi connectivity index (χ2v) is 5.61. The molecule has 0 radical (unpaired) electrons. The van der Waals surface area contributed by atoms with Gasteiger partial charge in [-0.05, 0) is 43.2 Å². The zero-order chi connectivity index (χ0) is 13.2. The van der Waals surface area contributed by atoms with Crippen LogP contribution in [-0.4, -0.2) is 24.5 Å². The molecule has 0 bridgehead atoms. The van der Waals surface area contributed by atoms with E-state index in [1.54, 1.807) is 6.07 Å². The molecule has 0 heterocycles. The molecule has 2 aliphatic carbocycles. The van der Waals surface area contributed by atoms with Crippen molar-refractivity contribution >= 4 is 5.91 Å². The van der Waals surface area contributed by atoms with E-state index in [0.717, 1.165) is 31.2 Å². The average molecular weight is 262 g/mol. The maximum Gasteiger partial charge on any atom is 0.234 e. The number of carbonyl (C=O) groups excluding carboxylic acids is 1. The minimum Gasteiger partial charge on any atom is -0.352 e. The Labute approximate surface area is 112 Å². The SMILES string of the molecule is O=C(CNC1CC(c2ccccc2F)C1)NC1CC1. The molecule has 0 saturated heterocycles. The molecule has 4 heteroatoms. The normalized spacial score (nSPS) is 25.7. The van der Waals surface area contributed by atoms with Crippen molar-refractivity contribution in [2.45, 2.75) is 43.7 Å². The van der Waals surface area contributed by atoms with Crippen LogP contribution in [0.1, 0.15) is 37.2 Å². The predicted octanol–water partition coefficient (Wildman–Crippen LogP) is 1.94. The fourth-order valence-electron chi connectivity index (χ4n) is 2.59. The van der Waals surface area contributed by atoms with E-state index in [-0.39, 0.29) is 11.7 Å². The van der Waals surface area contributed by atoms with Gasteiger partial charge in [0.1, 0.15) is 5.82 Å². The zero-order valence-corrected chi connectivity index (χ0v) is 10.9. The van der Waals surface area contributed by atoms with Crippen LogP contribution < -0.4 is 10.6 Å². The summed E-state index contributed by atoms with van der Waals surface area (Å²) in [5.74, 6) is 0.263. The van der Waals surface area contributed by atoms with Crippen LogP contribution in [0.5, 0.6) is 0 Å². The molecule has 0 aromatic heterocycles. The Hall–Kier alpha value is -1.42. The number of amides is 1. The molecule has 1 aromatic carbocycles. The third kappa shape index (κ3) is 3.13. The first-order valence-electron chi connectivity index (χ1n) is 6.99. The molecule has 19 heavy (non-hydrogen) atoms. The summed E-state index contributed by atoms with van der Waals surface area (Å²) in [5, 5.41) is 6.18. The highest BCUT2D eigenvalue weighted by Crippen LogP contribution is 2.37. The summed E-state index contributed by atoms with van der Waals surface area (Å²) < 4.78 is 13.6. The monoisotopic (exact) mass is 262 g/mol.